The summed E-state index contributed by atoms with van der Waals surface area (Å²) in [4.78, 5) is 12.7. The Kier molecular flexibility index (Phi) is 5.98. The Morgan fingerprint density at radius 1 is 1.04 bits per heavy atom. The molecule has 0 radical (unpaired) electrons. The van der Waals surface area contributed by atoms with Crippen molar-refractivity contribution >= 4 is 39.4 Å². The number of hydrogen-bond donors (Lipinski definition) is 1. The first-order valence-electron chi connectivity index (χ1n) is 7.56. The van der Waals surface area contributed by atoms with Gasteiger partial charge in [0.2, 0.25) is 0 Å². The number of thiophene rings is 1. The first-order chi connectivity index (χ1) is 12.2. The number of hydrazone groups is 1. The van der Waals surface area contributed by atoms with E-state index in [0.29, 0.717) is 5.75 Å². The van der Waals surface area contributed by atoms with E-state index in [1.54, 1.807) is 6.21 Å². The maximum absolute atomic E-state index is 11.7. The van der Waals surface area contributed by atoms with E-state index in [2.05, 4.69) is 26.5 Å². The van der Waals surface area contributed by atoms with Gasteiger partial charge in [-0.25, -0.2) is 5.43 Å². The van der Waals surface area contributed by atoms with Crippen molar-refractivity contribution in [3.05, 3.63) is 75.4 Å². The van der Waals surface area contributed by atoms with Crippen molar-refractivity contribution in [3.63, 3.8) is 0 Å². The number of amides is 1. The molecule has 2 aromatic carbocycles. The summed E-state index contributed by atoms with van der Waals surface area (Å²) >= 11 is 4.91. The van der Waals surface area contributed by atoms with E-state index < -0.39 is 0 Å². The second-order valence-electron chi connectivity index (χ2n) is 5.11. The zero-order valence-electron chi connectivity index (χ0n) is 13.2. The minimum Gasteiger partial charge on any atom is -0.484 e. The quantitative estimate of drug-likeness (QED) is 0.469. The molecule has 1 aromatic heterocycles. The number of hydrogen-bond acceptors (Lipinski definition) is 4. The summed E-state index contributed by atoms with van der Waals surface area (Å²) in [5.74, 6) is 0.333. The Labute approximate surface area is 158 Å². The van der Waals surface area contributed by atoms with E-state index >= 15 is 0 Å². The molecule has 0 fully saturated rings. The molecule has 1 N–H and O–H groups in total. The lowest BCUT2D eigenvalue weighted by molar-refractivity contribution is -0.123. The van der Waals surface area contributed by atoms with Gasteiger partial charge in [-0.05, 0) is 51.3 Å². The van der Waals surface area contributed by atoms with Gasteiger partial charge in [0.05, 0.1) is 10.0 Å². The van der Waals surface area contributed by atoms with Crippen LogP contribution < -0.4 is 10.2 Å². The van der Waals surface area contributed by atoms with Crippen LogP contribution >= 0.6 is 27.3 Å². The highest BCUT2D eigenvalue weighted by atomic mass is 79.9. The monoisotopic (exact) mass is 414 g/mol. The van der Waals surface area contributed by atoms with Crippen LogP contribution in [0.2, 0.25) is 0 Å². The highest BCUT2D eigenvalue weighted by Gasteiger charge is 2.02. The average molecular weight is 415 g/mol. The third kappa shape index (κ3) is 5.27. The molecule has 4 nitrogen and oxygen atoms in total. The molecule has 0 atom stereocenters. The van der Waals surface area contributed by atoms with E-state index in [0.717, 1.165) is 19.8 Å². The summed E-state index contributed by atoms with van der Waals surface area (Å²) in [6.45, 7) is -0.0871. The minimum atomic E-state index is -0.306. The van der Waals surface area contributed by atoms with E-state index in [9.17, 15) is 4.79 Å². The van der Waals surface area contributed by atoms with Gasteiger partial charge in [0.15, 0.2) is 6.61 Å². The molecule has 0 unspecified atom stereocenters. The lowest BCUT2D eigenvalue weighted by Gasteiger charge is -2.06. The van der Waals surface area contributed by atoms with Crippen LogP contribution in [0.3, 0.4) is 0 Å². The summed E-state index contributed by atoms with van der Waals surface area (Å²) in [5, 5.41) is 3.91. The zero-order valence-corrected chi connectivity index (χ0v) is 15.6. The van der Waals surface area contributed by atoms with Gasteiger partial charge in [-0.3, -0.25) is 4.79 Å². The molecule has 1 heterocycles. The van der Waals surface area contributed by atoms with Crippen LogP contribution in [0.4, 0.5) is 0 Å². The fraction of sp³-hybridized carbons (Fsp3) is 0.0526. The maximum Gasteiger partial charge on any atom is 0.277 e. The number of carbonyl (C=O) groups is 1. The number of nitrogens with zero attached hydrogens (tertiary/aromatic N) is 1. The molecule has 6 heteroatoms. The van der Waals surface area contributed by atoms with Crippen molar-refractivity contribution in [2.45, 2.75) is 0 Å². The third-order valence-electron chi connectivity index (χ3n) is 3.31. The van der Waals surface area contributed by atoms with E-state index in [1.807, 2.05) is 66.7 Å². The highest BCUT2D eigenvalue weighted by Crippen LogP contribution is 2.22. The third-order valence-corrected chi connectivity index (χ3v) is 4.86. The molecule has 0 aliphatic heterocycles. The Balaban J connectivity index is 1.48. The average Bonchev–Trinajstić information content (AvgIpc) is 3.06. The zero-order chi connectivity index (χ0) is 17.5. The number of ether oxygens (including phenoxy) is 1. The molecule has 126 valence electrons. The predicted molar refractivity (Wildman–Crippen MR) is 105 cm³/mol. The molecule has 0 saturated heterocycles. The van der Waals surface area contributed by atoms with E-state index in [1.165, 1.54) is 11.3 Å². The van der Waals surface area contributed by atoms with Crippen LogP contribution in [-0.4, -0.2) is 18.7 Å². The fourth-order valence-corrected chi connectivity index (χ4v) is 3.42. The summed E-state index contributed by atoms with van der Waals surface area (Å²) in [6.07, 6.45) is 1.60. The number of benzene rings is 2. The molecule has 0 saturated carbocycles. The van der Waals surface area contributed by atoms with Gasteiger partial charge < -0.3 is 4.74 Å². The highest BCUT2D eigenvalue weighted by molar-refractivity contribution is 9.11. The normalized spacial score (nSPS) is 10.8. The summed E-state index contributed by atoms with van der Waals surface area (Å²) < 4.78 is 6.49. The molecule has 0 bridgehead atoms. The Morgan fingerprint density at radius 2 is 1.76 bits per heavy atom. The number of carbonyl (C=O) groups excluding carboxylic acids is 1. The summed E-state index contributed by atoms with van der Waals surface area (Å²) in [7, 11) is 0. The van der Waals surface area contributed by atoms with Crippen molar-refractivity contribution in [2.75, 3.05) is 6.61 Å². The summed E-state index contributed by atoms with van der Waals surface area (Å²) in [6, 6.07) is 21.6. The van der Waals surface area contributed by atoms with Gasteiger partial charge in [0, 0.05) is 4.88 Å². The molecular formula is C19H15BrN2O2S. The lowest BCUT2D eigenvalue weighted by Crippen LogP contribution is -2.24. The second-order valence-corrected chi connectivity index (χ2v) is 7.61. The van der Waals surface area contributed by atoms with Crippen molar-refractivity contribution < 1.29 is 9.53 Å². The molecule has 0 spiro atoms. The molecule has 0 aliphatic carbocycles. The Bertz CT molecular complexity index is 861. The van der Waals surface area contributed by atoms with Gasteiger partial charge in [-0.2, -0.15) is 5.10 Å². The molecular weight excluding hydrogens is 400 g/mol. The Morgan fingerprint density at radius 3 is 2.44 bits per heavy atom. The predicted octanol–water partition coefficient (Wildman–Crippen LogP) is 4.71. The number of rotatable bonds is 6. The fourth-order valence-electron chi connectivity index (χ4n) is 2.12. The Hall–Kier alpha value is -2.44. The number of halogens is 1. The smallest absolute Gasteiger partial charge is 0.277 e. The topological polar surface area (TPSA) is 50.7 Å². The van der Waals surface area contributed by atoms with Gasteiger partial charge in [0.1, 0.15) is 5.75 Å². The molecule has 0 aliphatic rings. The second kappa shape index (κ2) is 8.60. The van der Waals surface area contributed by atoms with Crippen LogP contribution in [-0.2, 0) is 4.79 Å². The first kappa shape index (κ1) is 17.4. The molecule has 25 heavy (non-hydrogen) atoms. The van der Waals surface area contributed by atoms with Gasteiger partial charge >= 0.3 is 0 Å². The molecule has 3 rings (SSSR count). The van der Waals surface area contributed by atoms with Crippen molar-refractivity contribution in [1.82, 2.24) is 5.43 Å². The van der Waals surface area contributed by atoms with Crippen molar-refractivity contribution in [1.29, 1.82) is 0 Å². The lowest BCUT2D eigenvalue weighted by atomic mass is 10.1. The first-order valence-corrected chi connectivity index (χ1v) is 9.17. The van der Waals surface area contributed by atoms with E-state index in [-0.39, 0.29) is 12.5 Å². The largest absolute Gasteiger partial charge is 0.484 e. The standard InChI is InChI=1S/C19H15BrN2O2S/c20-18-11-10-17(25-18)12-21-22-19(23)13-24-16-8-6-15(7-9-16)14-4-2-1-3-5-14/h1-12H,13H2,(H,22,23)/b21-12+. The van der Waals surface area contributed by atoms with Gasteiger partial charge in [0.25, 0.3) is 5.91 Å². The molecule has 3 aromatic rings. The van der Waals surface area contributed by atoms with E-state index in [4.69, 9.17) is 4.74 Å². The van der Waals surface area contributed by atoms with Crippen molar-refractivity contribution in [3.8, 4) is 16.9 Å². The van der Waals surface area contributed by atoms with Crippen LogP contribution in [0.5, 0.6) is 5.75 Å². The van der Waals surface area contributed by atoms with Gasteiger partial charge in [-0.1, -0.05) is 42.5 Å². The SMILES string of the molecule is O=C(COc1ccc(-c2ccccc2)cc1)N/N=C/c1ccc(Br)s1. The number of nitrogens with one attached hydrogen (secondary N) is 1. The molecule has 1 amide bonds. The van der Waals surface area contributed by atoms with Crippen LogP contribution in [0.25, 0.3) is 11.1 Å². The minimum absolute atomic E-state index is 0.0871. The van der Waals surface area contributed by atoms with Crippen molar-refractivity contribution in [2.24, 2.45) is 5.10 Å². The van der Waals surface area contributed by atoms with Crippen LogP contribution in [0.1, 0.15) is 4.88 Å². The summed E-state index contributed by atoms with van der Waals surface area (Å²) in [5.41, 5.74) is 4.69. The van der Waals surface area contributed by atoms with Crippen LogP contribution in [0.15, 0.2) is 75.6 Å². The maximum atomic E-state index is 11.7. The van der Waals surface area contributed by atoms with Crippen LogP contribution in [0, 0.1) is 0 Å². The van der Waals surface area contributed by atoms with Gasteiger partial charge in [-0.15, -0.1) is 11.3 Å².